The molecule has 1 saturated heterocycles. The van der Waals surface area contributed by atoms with Gasteiger partial charge in [-0.1, -0.05) is 6.07 Å². The van der Waals surface area contributed by atoms with Crippen molar-refractivity contribution in [1.29, 1.82) is 0 Å². The van der Waals surface area contributed by atoms with E-state index in [0.29, 0.717) is 6.54 Å². The summed E-state index contributed by atoms with van der Waals surface area (Å²) in [5.74, 6) is -0.644. The molecular weight excluding hydrogens is 254 g/mol. The van der Waals surface area contributed by atoms with Crippen LogP contribution in [0.5, 0.6) is 0 Å². The highest BCUT2D eigenvalue weighted by molar-refractivity contribution is 7.89. The largest absolute Gasteiger partial charge is 0.366 e. The normalized spacial score (nSPS) is 19.9. The van der Waals surface area contributed by atoms with Crippen molar-refractivity contribution in [1.82, 2.24) is 10.0 Å². The van der Waals surface area contributed by atoms with Gasteiger partial charge in [-0.05, 0) is 31.2 Å². The van der Waals surface area contributed by atoms with Crippen molar-refractivity contribution in [3.63, 3.8) is 0 Å². The number of amides is 1. The van der Waals surface area contributed by atoms with Crippen LogP contribution < -0.4 is 15.8 Å². The molecule has 1 aromatic rings. The zero-order valence-corrected chi connectivity index (χ0v) is 10.5. The van der Waals surface area contributed by atoms with Crippen molar-refractivity contribution in [3.05, 3.63) is 29.8 Å². The lowest BCUT2D eigenvalue weighted by atomic mass is 10.2. The first-order valence-corrected chi connectivity index (χ1v) is 7.10. The summed E-state index contributed by atoms with van der Waals surface area (Å²) in [7, 11) is -3.60. The van der Waals surface area contributed by atoms with Crippen molar-refractivity contribution >= 4 is 15.9 Å². The lowest BCUT2D eigenvalue weighted by Gasteiger charge is -2.12. The minimum absolute atomic E-state index is 0.0608. The Labute approximate surface area is 106 Å². The first-order valence-electron chi connectivity index (χ1n) is 5.62. The standard InChI is InChI=1S/C11H15N3O3S/c12-11(15)8-2-1-3-10(6-8)18(16,17)14-9-4-5-13-7-9/h1-3,6,9,13-14H,4-5,7H2,(H2,12,15). The molecule has 0 spiro atoms. The summed E-state index contributed by atoms with van der Waals surface area (Å²) < 4.78 is 26.7. The zero-order chi connectivity index (χ0) is 13.2. The maximum absolute atomic E-state index is 12.1. The van der Waals surface area contributed by atoms with Crippen molar-refractivity contribution in [2.24, 2.45) is 5.73 Å². The van der Waals surface area contributed by atoms with Gasteiger partial charge in [0.2, 0.25) is 15.9 Å². The third-order valence-electron chi connectivity index (χ3n) is 2.81. The average Bonchev–Trinajstić information content (AvgIpc) is 2.81. The van der Waals surface area contributed by atoms with Gasteiger partial charge in [0.05, 0.1) is 4.90 Å². The van der Waals surface area contributed by atoms with E-state index < -0.39 is 15.9 Å². The number of benzene rings is 1. The first-order chi connectivity index (χ1) is 8.49. The Morgan fingerprint density at radius 3 is 2.83 bits per heavy atom. The van der Waals surface area contributed by atoms with Gasteiger partial charge in [-0.2, -0.15) is 0 Å². The van der Waals surface area contributed by atoms with Crippen LogP contribution in [-0.4, -0.2) is 33.5 Å². The Kier molecular flexibility index (Phi) is 3.65. The molecule has 0 bridgehead atoms. The highest BCUT2D eigenvalue weighted by atomic mass is 32.2. The smallest absolute Gasteiger partial charge is 0.248 e. The zero-order valence-electron chi connectivity index (χ0n) is 9.72. The van der Waals surface area contributed by atoms with E-state index in [4.69, 9.17) is 5.73 Å². The number of nitrogens with two attached hydrogens (primary N) is 1. The van der Waals surface area contributed by atoms with Gasteiger partial charge in [-0.15, -0.1) is 0 Å². The second-order valence-electron chi connectivity index (χ2n) is 4.20. The Hall–Kier alpha value is -1.44. The fourth-order valence-electron chi connectivity index (χ4n) is 1.86. The number of nitrogens with one attached hydrogen (secondary N) is 2. The molecule has 1 atom stereocenters. The van der Waals surface area contributed by atoms with Crippen LogP contribution in [0.1, 0.15) is 16.8 Å². The first kappa shape index (κ1) is 13.0. The molecule has 6 nitrogen and oxygen atoms in total. The Balaban J connectivity index is 2.23. The second kappa shape index (κ2) is 5.05. The molecule has 1 aromatic carbocycles. The third-order valence-corrected chi connectivity index (χ3v) is 4.33. The van der Waals surface area contributed by atoms with E-state index in [9.17, 15) is 13.2 Å². The molecule has 4 N–H and O–H groups in total. The van der Waals surface area contributed by atoms with Crippen LogP contribution >= 0.6 is 0 Å². The lowest BCUT2D eigenvalue weighted by molar-refractivity contribution is 0.1000. The van der Waals surface area contributed by atoms with Gasteiger partial charge < -0.3 is 11.1 Å². The van der Waals surface area contributed by atoms with Gasteiger partial charge in [-0.25, -0.2) is 13.1 Å². The summed E-state index contributed by atoms with van der Waals surface area (Å²) in [6, 6.07) is 5.61. The molecular formula is C11H15N3O3S. The molecule has 2 rings (SSSR count). The van der Waals surface area contributed by atoms with Crippen LogP contribution in [0.2, 0.25) is 0 Å². The molecule has 0 radical (unpaired) electrons. The molecule has 1 amide bonds. The molecule has 0 aromatic heterocycles. The van der Waals surface area contributed by atoms with E-state index in [1.165, 1.54) is 24.3 Å². The number of hydrogen-bond donors (Lipinski definition) is 3. The van der Waals surface area contributed by atoms with Crippen LogP contribution in [0.15, 0.2) is 29.2 Å². The van der Waals surface area contributed by atoms with Gasteiger partial charge in [0, 0.05) is 18.2 Å². The van der Waals surface area contributed by atoms with E-state index in [2.05, 4.69) is 10.0 Å². The van der Waals surface area contributed by atoms with E-state index in [0.717, 1.165) is 13.0 Å². The quantitative estimate of drug-likeness (QED) is 0.681. The fraction of sp³-hybridized carbons (Fsp3) is 0.364. The highest BCUT2D eigenvalue weighted by Gasteiger charge is 2.23. The topological polar surface area (TPSA) is 101 Å². The van der Waals surface area contributed by atoms with E-state index in [1.807, 2.05) is 0 Å². The maximum Gasteiger partial charge on any atom is 0.248 e. The summed E-state index contributed by atoms with van der Waals surface area (Å²) >= 11 is 0. The monoisotopic (exact) mass is 269 g/mol. The summed E-state index contributed by atoms with van der Waals surface area (Å²) in [6.07, 6.45) is 0.759. The van der Waals surface area contributed by atoms with Gasteiger partial charge >= 0.3 is 0 Å². The number of primary amides is 1. The number of carbonyl (C=O) groups is 1. The minimum Gasteiger partial charge on any atom is -0.366 e. The predicted molar refractivity (Wildman–Crippen MR) is 66.6 cm³/mol. The predicted octanol–water partition coefficient (Wildman–Crippen LogP) is -0.574. The minimum atomic E-state index is -3.60. The van der Waals surface area contributed by atoms with Crippen LogP contribution in [0, 0.1) is 0 Å². The molecule has 98 valence electrons. The second-order valence-corrected chi connectivity index (χ2v) is 5.92. The molecule has 0 aliphatic carbocycles. The number of sulfonamides is 1. The van der Waals surface area contributed by atoms with Crippen molar-refractivity contribution < 1.29 is 13.2 Å². The highest BCUT2D eigenvalue weighted by Crippen LogP contribution is 2.13. The molecule has 7 heteroatoms. The van der Waals surface area contributed by atoms with Crippen molar-refractivity contribution in [3.8, 4) is 0 Å². The average molecular weight is 269 g/mol. The molecule has 1 unspecified atom stereocenters. The van der Waals surface area contributed by atoms with Gasteiger partial charge in [0.25, 0.3) is 0 Å². The summed E-state index contributed by atoms with van der Waals surface area (Å²) in [5, 5.41) is 3.07. The summed E-state index contributed by atoms with van der Waals surface area (Å²) in [6.45, 7) is 1.42. The number of carbonyl (C=O) groups excluding carboxylic acids is 1. The van der Waals surface area contributed by atoms with E-state index >= 15 is 0 Å². The maximum atomic E-state index is 12.1. The van der Waals surface area contributed by atoms with Crippen LogP contribution in [0.25, 0.3) is 0 Å². The van der Waals surface area contributed by atoms with E-state index in [1.54, 1.807) is 0 Å². The summed E-state index contributed by atoms with van der Waals surface area (Å²) in [5.41, 5.74) is 5.31. The van der Waals surface area contributed by atoms with Gasteiger partial charge in [0.15, 0.2) is 0 Å². The molecule has 18 heavy (non-hydrogen) atoms. The van der Waals surface area contributed by atoms with Crippen LogP contribution in [-0.2, 0) is 10.0 Å². The Bertz CT molecular complexity index is 550. The Morgan fingerprint density at radius 1 is 1.44 bits per heavy atom. The molecule has 0 saturated carbocycles. The van der Waals surface area contributed by atoms with Crippen LogP contribution in [0.4, 0.5) is 0 Å². The van der Waals surface area contributed by atoms with Crippen LogP contribution in [0.3, 0.4) is 0 Å². The molecule has 1 fully saturated rings. The molecule has 1 aliphatic heterocycles. The van der Waals surface area contributed by atoms with Crippen molar-refractivity contribution in [2.45, 2.75) is 17.4 Å². The molecule has 1 aliphatic rings. The van der Waals surface area contributed by atoms with Crippen molar-refractivity contribution in [2.75, 3.05) is 13.1 Å². The number of hydrogen-bond acceptors (Lipinski definition) is 4. The SMILES string of the molecule is NC(=O)c1cccc(S(=O)(=O)NC2CCNC2)c1. The lowest BCUT2D eigenvalue weighted by Crippen LogP contribution is -2.36. The molecule has 1 heterocycles. The van der Waals surface area contributed by atoms with Gasteiger partial charge in [0.1, 0.15) is 0 Å². The van der Waals surface area contributed by atoms with Gasteiger partial charge in [-0.3, -0.25) is 4.79 Å². The number of rotatable bonds is 4. The summed E-state index contributed by atoms with van der Waals surface area (Å²) in [4.78, 5) is 11.1. The fourth-order valence-corrected chi connectivity index (χ4v) is 3.18. The Morgan fingerprint density at radius 2 is 2.22 bits per heavy atom. The third kappa shape index (κ3) is 2.87. The van der Waals surface area contributed by atoms with E-state index in [-0.39, 0.29) is 16.5 Å².